The number of thiazole rings is 1. The molecule has 2 rings (SSSR count). The Kier molecular flexibility index (Phi) is 4.14. The number of benzene rings is 1. The van der Waals surface area contributed by atoms with E-state index in [-0.39, 0.29) is 5.01 Å². The summed E-state index contributed by atoms with van der Waals surface area (Å²) in [6, 6.07) is 7.26. The van der Waals surface area contributed by atoms with Gasteiger partial charge in [-0.15, -0.1) is 11.3 Å². The third-order valence-corrected chi connectivity index (χ3v) is 3.83. The number of carbonyl (C=O) groups is 1. The van der Waals surface area contributed by atoms with Crippen molar-refractivity contribution in [3.05, 3.63) is 44.3 Å². The Morgan fingerprint density at radius 2 is 2.37 bits per heavy atom. The zero-order chi connectivity index (χ0) is 13.8. The number of hydrogen-bond acceptors (Lipinski definition) is 5. The van der Waals surface area contributed by atoms with E-state index in [0.717, 1.165) is 21.5 Å². The third-order valence-electron chi connectivity index (χ3n) is 2.29. The molecule has 0 saturated heterocycles. The van der Waals surface area contributed by atoms with Gasteiger partial charge in [-0.1, -0.05) is 0 Å². The number of nitrogens with zero attached hydrogens (tertiary/aromatic N) is 2. The van der Waals surface area contributed by atoms with Gasteiger partial charge in [0.25, 0.3) is 0 Å². The van der Waals surface area contributed by atoms with Gasteiger partial charge in [0.05, 0.1) is 23.9 Å². The van der Waals surface area contributed by atoms with Gasteiger partial charge in [-0.2, -0.15) is 5.26 Å². The van der Waals surface area contributed by atoms with Crippen molar-refractivity contribution in [2.24, 2.45) is 0 Å². The van der Waals surface area contributed by atoms with Gasteiger partial charge in [0.15, 0.2) is 0 Å². The Balaban J connectivity index is 2.06. The normalized spacial score (nSPS) is 9.89. The van der Waals surface area contributed by atoms with Crippen LogP contribution >= 0.6 is 27.3 Å². The number of rotatable bonds is 4. The highest BCUT2D eigenvalue weighted by Gasteiger charge is 2.09. The third kappa shape index (κ3) is 3.30. The molecule has 0 amide bonds. The first-order valence-corrected chi connectivity index (χ1v) is 6.88. The molecule has 0 fully saturated rings. The van der Waals surface area contributed by atoms with E-state index in [4.69, 9.17) is 10.4 Å². The predicted molar refractivity (Wildman–Crippen MR) is 75.3 cm³/mol. The lowest BCUT2D eigenvalue weighted by molar-refractivity contribution is 0.0696. The molecule has 5 nitrogen and oxygen atoms in total. The molecule has 1 aromatic carbocycles. The van der Waals surface area contributed by atoms with Crippen molar-refractivity contribution in [2.75, 3.05) is 5.32 Å². The van der Waals surface area contributed by atoms with Gasteiger partial charge >= 0.3 is 5.97 Å². The van der Waals surface area contributed by atoms with Crippen molar-refractivity contribution < 1.29 is 9.90 Å². The molecule has 96 valence electrons. The van der Waals surface area contributed by atoms with Crippen LogP contribution in [0.25, 0.3) is 0 Å². The summed E-state index contributed by atoms with van der Waals surface area (Å²) >= 11 is 4.46. The van der Waals surface area contributed by atoms with Crippen LogP contribution in [0, 0.1) is 11.3 Å². The minimum atomic E-state index is -1.02. The highest BCUT2D eigenvalue weighted by molar-refractivity contribution is 9.10. The van der Waals surface area contributed by atoms with E-state index in [9.17, 15) is 4.79 Å². The maximum absolute atomic E-state index is 10.7. The lowest BCUT2D eigenvalue weighted by Gasteiger charge is -2.06. The van der Waals surface area contributed by atoms with Crippen molar-refractivity contribution >= 4 is 38.9 Å². The zero-order valence-electron chi connectivity index (χ0n) is 9.55. The fourth-order valence-electron chi connectivity index (χ4n) is 1.40. The van der Waals surface area contributed by atoms with Crippen LogP contribution in [0.15, 0.2) is 28.1 Å². The van der Waals surface area contributed by atoms with Crippen LogP contribution in [-0.2, 0) is 6.54 Å². The highest BCUT2D eigenvalue weighted by Crippen LogP contribution is 2.24. The van der Waals surface area contributed by atoms with Crippen LogP contribution in [-0.4, -0.2) is 16.1 Å². The summed E-state index contributed by atoms with van der Waals surface area (Å²) in [6.07, 6.45) is 0. The molecule has 19 heavy (non-hydrogen) atoms. The Bertz CT molecular complexity index is 663. The summed E-state index contributed by atoms with van der Waals surface area (Å²) in [5.41, 5.74) is 2.06. The van der Waals surface area contributed by atoms with Crippen LogP contribution in [0.3, 0.4) is 0 Å². The number of aromatic nitrogens is 1. The van der Waals surface area contributed by atoms with E-state index < -0.39 is 5.97 Å². The summed E-state index contributed by atoms with van der Waals surface area (Å²) < 4.78 is 0.778. The van der Waals surface area contributed by atoms with E-state index in [1.54, 1.807) is 23.6 Å². The average Bonchev–Trinajstić information content (AvgIpc) is 2.86. The Morgan fingerprint density at radius 1 is 1.58 bits per heavy atom. The fourth-order valence-corrected chi connectivity index (χ4v) is 2.57. The molecule has 0 bridgehead atoms. The fraction of sp³-hybridized carbons (Fsp3) is 0.0833. The number of aromatic carboxylic acids is 1. The average molecular weight is 338 g/mol. The van der Waals surface area contributed by atoms with Crippen LogP contribution in [0.2, 0.25) is 0 Å². The molecule has 1 heterocycles. The Hall–Kier alpha value is -1.91. The molecule has 0 radical (unpaired) electrons. The molecule has 0 spiro atoms. The van der Waals surface area contributed by atoms with E-state index in [1.807, 2.05) is 0 Å². The topological polar surface area (TPSA) is 86.0 Å². The van der Waals surface area contributed by atoms with Gasteiger partial charge in [0, 0.05) is 15.5 Å². The molecular formula is C12H8BrN3O2S. The second-order valence-corrected chi connectivity index (χ2v) is 5.32. The first-order valence-electron chi connectivity index (χ1n) is 5.21. The molecule has 0 atom stereocenters. The number of nitriles is 1. The van der Waals surface area contributed by atoms with Gasteiger partial charge < -0.3 is 10.4 Å². The minimum Gasteiger partial charge on any atom is -0.476 e. The van der Waals surface area contributed by atoms with Crippen molar-refractivity contribution in [2.45, 2.75) is 6.54 Å². The van der Waals surface area contributed by atoms with Crippen LogP contribution in [0.4, 0.5) is 5.69 Å². The van der Waals surface area contributed by atoms with Gasteiger partial charge in [-0.25, -0.2) is 9.78 Å². The lowest BCUT2D eigenvalue weighted by Crippen LogP contribution is -2.02. The summed E-state index contributed by atoms with van der Waals surface area (Å²) in [7, 11) is 0. The van der Waals surface area contributed by atoms with E-state index in [0.29, 0.717) is 17.8 Å². The summed E-state index contributed by atoms with van der Waals surface area (Å²) in [4.78, 5) is 14.7. The monoisotopic (exact) mass is 337 g/mol. The Labute approximate surface area is 121 Å². The molecule has 7 heteroatoms. The van der Waals surface area contributed by atoms with Crippen molar-refractivity contribution in [1.82, 2.24) is 4.98 Å². The van der Waals surface area contributed by atoms with Crippen LogP contribution in [0.5, 0.6) is 0 Å². The molecule has 0 unspecified atom stereocenters. The van der Waals surface area contributed by atoms with Crippen molar-refractivity contribution in [3.8, 4) is 6.07 Å². The molecule has 0 aliphatic heterocycles. The molecule has 1 aromatic heterocycles. The van der Waals surface area contributed by atoms with E-state index in [1.165, 1.54) is 0 Å². The minimum absolute atomic E-state index is 0.0793. The molecule has 2 N–H and O–H groups in total. The maximum Gasteiger partial charge on any atom is 0.365 e. The number of hydrogen-bond donors (Lipinski definition) is 2. The molecular weight excluding hydrogens is 330 g/mol. The van der Waals surface area contributed by atoms with Crippen LogP contribution < -0.4 is 5.32 Å². The van der Waals surface area contributed by atoms with E-state index >= 15 is 0 Å². The molecule has 2 aromatic rings. The molecule has 0 aliphatic rings. The first kappa shape index (κ1) is 13.5. The molecule has 0 saturated carbocycles. The second-order valence-electron chi connectivity index (χ2n) is 3.61. The first-order chi connectivity index (χ1) is 9.10. The lowest BCUT2D eigenvalue weighted by atomic mass is 10.2. The van der Waals surface area contributed by atoms with E-state index in [2.05, 4.69) is 32.3 Å². The predicted octanol–water partition coefficient (Wildman–Crippen LogP) is 3.09. The largest absolute Gasteiger partial charge is 0.476 e. The SMILES string of the molecule is N#Cc1ccc(NCc2csc(C(=O)O)n2)c(Br)c1. The van der Waals surface area contributed by atoms with Crippen molar-refractivity contribution in [1.29, 1.82) is 5.26 Å². The summed E-state index contributed by atoms with van der Waals surface area (Å²) in [5, 5.41) is 22.4. The summed E-state index contributed by atoms with van der Waals surface area (Å²) in [6.45, 7) is 0.425. The zero-order valence-corrected chi connectivity index (χ0v) is 12.0. The van der Waals surface area contributed by atoms with Gasteiger partial charge in [-0.3, -0.25) is 0 Å². The highest BCUT2D eigenvalue weighted by atomic mass is 79.9. The Morgan fingerprint density at radius 3 is 2.95 bits per heavy atom. The van der Waals surface area contributed by atoms with Crippen molar-refractivity contribution in [3.63, 3.8) is 0 Å². The second kappa shape index (κ2) is 5.82. The number of carboxylic acid groups (broad SMARTS) is 1. The standard InChI is InChI=1S/C12H8BrN3O2S/c13-9-3-7(4-14)1-2-10(9)15-5-8-6-19-11(16-8)12(17)18/h1-3,6,15H,5H2,(H,17,18). The number of nitrogens with one attached hydrogen (secondary N) is 1. The number of carboxylic acids is 1. The van der Waals surface area contributed by atoms with Gasteiger partial charge in [-0.05, 0) is 34.1 Å². The summed E-state index contributed by atoms with van der Waals surface area (Å²) in [5.74, 6) is -1.02. The smallest absolute Gasteiger partial charge is 0.365 e. The van der Waals surface area contributed by atoms with Gasteiger partial charge in [0.2, 0.25) is 5.01 Å². The number of anilines is 1. The maximum atomic E-state index is 10.7. The number of halogens is 1. The van der Waals surface area contributed by atoms with Gasteiger partial charge in [0.1, 0.15) is 0 Å². The van der Waals surface area contributed by atoms with Crippen LogP contribution in [0.1, 0.15) is 21.1 Å². The molecule has 0 aliphatic carbocycles. The quantitative estimate of drug-likeness (QED) is 0.895.